The maximum atomic E-state index is 13.1. The molecule has 0 aliphatic rings. The maximum absolute atomic E-state index is 13.1. The number of hydrogen-bond donors (Lipinski definition) is 0. The number of benzene rings is 1. The van der Waals surface area contributed by atoms with E-state index in [1.165, 1.54) is 0 Å². The van der Waals surface area contributed by atoms with E-state index in [9.17, 15) is 24.6 Å². The maximum Gasteiger partial charge on any atom is 0.330 e. The lowest BCUT2D eigenvalue weighted by Gasteiger charge is -1.97. The number of halogens is 2. The number of nitro benzene ring substituents is 2. The van der Waals surface area contributed by atoms with E-state index in [2.05, 4.69) is 0 Å². The molecule has 0 heterocycles. The average Bonchev–Trinajstić information content (AvgIpc) is 2.02. The lowest BCUT2D eigenvalue weighted by molar-refractivity contribution is -0.399. The summed E-state index contributed by atoms with van der Waals surface area (Å²) in [4.78, 5) is 18.3. The largest absolute Gasteiger partial charge is 0.330 e. The van der Waals surface area contributed by atoms with Crippen molar-refractivity contribution in [2.45, 2.75) is 0 Å². The number of rotatable bonds is 2. The lowest BCUT2D eigenvalue weighted by Crippen LogP contribution is -1.98. The Morgan fingerprint density at radius 3 is 2.21 bits per heavy atom. The van der Waals surface area contributed by atoms with E-state index in [-0.39, 0.29) is 0 Å². The van der Waals surface area contributed by atoms with E-state index in [1.807, 2.05) is 0 Å². The molecule has 8 heteroatoms. The van der Waals surface area contributed by atoms with Crippen molar-refractivity contribution < 1.29 is 14.2 Å². The second kappa shape index (κ2) is 3.54. The van der Waals surface area contributed by atoms with Crippen molar-refractivity contribution in [2.75, 3.05) is 0 Å². The fourth-order valence-corrected chi connectivity index (χ4v) is 1.05. The van der Waals surface area contributed by atoms with E-state index in [0.717, 1.165) is 12.1 Å². The van der Waals surface area contributed by atoms with Gasteiger partial charge in [-0.05, 0) is 6.07 Å². The van der Waals surface area contributed by atoms with E-state index >= 15 is 0 Å². The van der Waals surface area contributed by atoms with E-state index in [0.29, 0.717) is 0 Å². The molecule has 0 saturated heterocycles. The Morgan fingerprint density at radius 1 is 1.21 bits per heavy atom. The molecule has 0 unspecified atom stereocenters. The highest BCUT2D eigenvalue weighted by atomic mass is 35.5. The Labute approximate surface area is 81.2 Å². The van der Waals surface area contributed by atoms with E-state index < -0.39 is 32.1 Å². The first-order valence-electron chi connectivity index (χ1n) is 3.22. The molecule has 0 aliphatic carbocycles. The van der Waals surface area contributed by atoms with Crippen LogP contribution in [0.15, 0.2) is 12.1 Å². The zero-order valence-electron chi connectivity index (χ0n) is 6.44. The fraction of sp³-hybridized carbons (Fsp3) is 0. The SMILES string of the molecule is O=[N+]([O-])c1ccc(Cl)c([N+](=O)[O-])c1F. The minimum Gasteiger partial charge on any atom is -0.258 e. The van der Waals surface area contributed by atoms with Gasteiger partial charge in [0.2, 0.25) is 0 Å². The monoisotopic (exact) mass is 220 g/mol. The first-order valence-corrected chi connectivity index (χ1v) is 3.59. The van der Waals surface area contributed by atoms with Crippen molar-refractivity contribution in [2.24, 2.45) is 0 Å². The van der Waals surface area contributed by atoms with Gasteiger partial charge in [-0.1, -0.05) is 11.6 Å². The Morgan fingerprint density at radius 2 is 1.79 bits per heavy atom. The lowest BCUT2D eigenvalue weighted by atomic mass is 10.2. The molecule has 1 aromatic carbocycles. The van der Waals surface area contributed by atoms with Crippen molar-refractivity contribution in [3.63, 3.8) is 0 Å². The Bertz CT molecular complexity index is 423. The van der Waals surface area contributed by atoms with Crippen LogP contribution in [-0.4, -0.2) is 9.85 Å². The molecule has 1 aromatic rings. The van der Waals surface area contributed by atoms with Crippen molar-refractivity contribution in [1.29, 1.82) is 0 Å². The van der Waals surface area contributed by atoms with Gasteiger partial charge in [0, 0.05) is 6.07 Å². The minimum atomic E-state index is -1.53. The van der Waals surface area contributed by atoms with E-state index in [1.54, 1.807) is 0 Å². The second-order valence-electron chi connectivity index (χ2n) is 2.24. The zero-order chi connectivity index (χ0) is 10.9. The van der Waals surface area contributed by atoms with Crippen LogP contribution in [0.4, 0.5) is 15.8 Å². The van der Waals surface area contributed by atoms with Gasteiger partial charge in [0.15, 0.2) is 0 Å². The summed E-state index contributed by atoms with van der Waals surface area (Å²) in [5.74, 6) is -1.53. The van der Waals surface area contributed by atoms with Crippen LogP contribution in [0.5, 0.6) is 0 Å². The smallest absolute Gasteiger partial charge is 0.258 e. The summed E-state index contributed by atoms with van der Waals surface area (Å²) in [6.45, 7) is 0. The topological polar surface area (TPSA) is 86.3 Å². The first-order chi connectivity index (χ1) is 6.45. The summed E-state index contributed by atoms with van der Waals surface area (Å²) in [5, 5.41) is 20.0. The first kappa shape index (κ1) is 10.3. The molecule has 0 radical (unpaired) electrons. The van der Waals surface area contributed by atoms with Gasteiger partial charge in [0.25, 0.3) is 5.82 Å². The highest BCUT2D eigenvalue weighted by Gasteiger charge is 2.28. The van der Waals surface area contributed by atoms with Gasteiger partial charge in [-0.3, -0.25) is 20.2 Å². The van der Waals surface area contributed by atoms with Crippen LogP contribution in [-0.2, 0) is 0 Å². The molecule has 74 valence electrons. The van der Waals surface area contributed by atoms with Gasteiger partial charge >= 0.3 is 11.4 Å². The molecule has 0 atom stereocenters. The second-order valence-corrected chi connectivity index (χ2v) is 2.65. The molecule has 0 saturated carbocycles. The Balaban J connectivity index is 3.49. The molecule has 14 heavy (non-hydrogen) atoms. The Hall–Kier alpha value is -1.76. The van der Waals surface area contributed by atoms with Gasteiger partial charge < -0.3 is 0 Å². The average molecular weight is 221 g/mol. The zero-order valence-corrected chi connectivity index (χ0v) is 7.19. The van der Waals surface area contributed by atoms with Gasteiger partial charge in [0.1, 0.15) is 5.02 Å². The van der Waals surface area contributed by atoms with Crippen LogP contribution in [0.2, 0.25) is 5.02 Å². The highest BCUT2D eigenvalue weighted by Crippen LogP contribution is 2.32. The predicted molar refractivity (Wildman–Crippen MR) is 44.7 cm³/mol. The molecule has 0 amide bonds. The number of nitro groups is 2. The highest BCUT2D eigenvalue weighted by molar-refractivity contribution is 6.32. The molecule has 0 spiro atoms. The van der Waals surface area contributed by atoms with Gasteiger partial charge in [-0.2, -0.15) is 4.39 Å². The van der Waals surface area contributed by atoms with Crippen LogP contribution < -0.4 is 0 Å². The summed E-state index contributed by atoms with van der Waals surface area (Å²) < 4.78 is 13.1. The summed E-state index contributed by atoms with van der Waals surface area (Å²) in [5.41, 5.74) is -2.05. The van der Waals surface area contributed by atoms with Crippen molar-refractivity contribution >= 4 is 23.0 Å². The summed E-state index contributed by atoms with van der Waals surface area (Å²) in [6, 6.07) is 1.67. The van der Waals surface area contributed by atoms with Crippen LogP contribution in [0.3, 0.4) is 0 Å². The van der Waals surface area contributed by atoms with E-state index in [4.69, 9.17) is 11.6 Å². The third-order valence-electron chi connectivity index (χ3n) is 1.43. The van der Waals surface area contributed by atoms with Crippen LogP contribution >= 0.6 is 11.6 Å². The van der Waals surface area contributed by atoms with Gasteiger partial charge in [0.05, 0.1) is 9.85 Å². The fourth-order valence-electron chi connectivity index (χ4n) is 0.839. The molecule has 6 nitrogen and oxygen atoms in total. The van der Waals surface area contributed by atoms with Crippen LogP contribution in [0, 0.1) is 26.0 Å². The quantitative estimate of drug-likeness (QED) is 0.565. The minimum absolute atomic E-state index is 0.474. The van der Waals surface area contributed by atoms with Crippen molar-refractivity contribution in [3.8, 4) is 0 Å². The molecular formula is C6H2ClFN2O4. The Kier molecular flexibility index (Phi) is 2.61. The molecule has 1 rings (SSSR count). The summed E-state index contributed by atoms with van der Waals surface area (Å²) in [6.07, 6.45) is 0. The number of nitrogens with zero attached hydrogens (tertiary/aromatic N) is 2. The van der Waals surface area contributed by atoms with Gasteiger partial charge in [-0.25, -0.2) is 0 Å². The molecule has 0 aromatic heterocycles. The molecule has 0 N–H and O–H groups in total. The van der Waals surface area contributed by atoms with Crippen LogP contribution in [0.25, 0.3) is 0 Å². The normalized spacial score (nSPS) is 9.86. The number of hydrogen-bond acceptors (Lipinski definition) is 4. The molecule has 0 fully saturated rings. The van der Waals surface area contributed by atoms with Crippen molar-refractivity contribution in [3.05, 3.63) is 43.2 Å². The summed E-state index contributed by atoms with van der Waals surface area (Å²) >= 11 is 5.30. The van der Waals surface area contributed by atoms with Crippen LogP contribution in [0.1, 0.15) is 0 Å². The molecule has 0 bridgehead atoms. The standard InChI is InChI=1S/C6H2ClFN2O4/c7-3-1-2-4(9(11)12)5(8)6(3)10(13)14/h1-2H. The third kappa shape index (κ3) is 1.62. The van der Waals surface area contributed by atoms with Crippen molar-refractivity contribution in [1.82, 2.24) is 0 Å². The molecule has 0 aliphatic heterocycles. The predicted octanol–water partition coefficient (Wildman–Crippen LogP) is 2.30. The van der Waals surface area contributed by atoms with Gasteiger partial charge in [-0.15, -0.1) is 0 Å². The molecular weight excluding hydrogens is 219 g/mol. The third-order valence-corrected chi connectivity index (χ3v) is 1.73. The summed E-state index contributed by atoms with van der Waals surface area (Å²) in [7, 11) is 0.